The highest BCUT2D eigenvalue weighted by Crippen LogP contribution is 2.38. The minimum Gasteiger partial charge on any atom is -0.384 e. The minimum atomic E-state index is -1.05. The number of hydrogen-bond acceptors (Lipinski definition) is 11. The normalized spacial score (nSPS) is 18.1. The molecule has 0 spiro atoms. The molecule has 0 bridgehead atoms. The van der Waals surface area contributed by atoms with Crippen LogP contribution in [-0.2, 0) is 32.1 Å². The number of rotatable bonds is 10. The molecule has 0 aliphatic carbocycles. The Bertz CT molecular complexity index is 2580. The number of benzene rings is 2. The van der Waals surface area contributed by atoms with Crippen LogP contribution in [0, 0.1) is 0 Å². The van der Waals surface area contributed by atoms with Gasteiger partial charge in [0.1, 0.15) is 11.7 Å². The van der Waals surface area contributed by atoms with Crippen LogP contribution in [0.25, 0.3) is 33.3 Å². The molecule has 60 heavy (non-hydrogen) atoms. The van der Waals surface area contributed by atoms with Gasteiger partial charge in [0.05, 0.1) is 28.6 Å². The number of hydrogen-bond donors (Lipinski definition) is 3. The van der Waals surface area contributed by atoms with Gasteiger partial charge in [0.15, 0.2) is 0 Å². The van der Waals surface area contributed by atoms with Crippen molar-refractivity contribution in [1.29, 1.82) is 0 Å². The second-order valence-electron chi connectivity index (χ2n) is 15.5. The maximum Gasteiger partial charge on any atom is 0.269 e. The van der Waals surface area contributed by atoms with Gasteiger partial charge in [-0.2, -0.15) is 5.10 Å². The molecule has 306 valence electrons. The first kappa shape index (κ1) is 38.7. The van der Waals surface area contributed by atoms with Crippen LogP contribution in [0.5, 0.6) is 0 Å². The predicted octanol–water partition coefficient (Wildman–Crippen LogP) is 4.05. The lowest BCUT2D eigenvalue weighted by Gasteiger charge is -2.29. The number of anilines is 1. The summed E-state index contributed by atoms with van der Waals surface area (Å²) >= 11 is 0. The summed E-state index contributed by atoms with van der Waals surface area (Å²) in [6.45, 7) is 4.92. The Morgan fingerprint density at radius 1 is 0.900 bits per heavy atom. The van der Waals surface area contributed by atoms with Gasteiger partial charge in [0.2, 0.25) is 17.7 Å². The molecule has 1 unspecified atom stereocenters. The predicted molar refractivity (Wildman–Crippen MR) is 219 cm³/mol. The fraction of sp³-hybridized carbons (Fsp3) is 0.341. The van der Waals surface area contributed by atoms with Gasteiger partial charge in [-0.1, -0.05) is 24.3 Å². The van der Waals surface area contributed by atoms with Crippen molar-refractivity contribution < 1.29 is 33.5 Å². The first-order valence-corrected chi connectivity index (χ1v) is 20.3. The van der Waals surface area contributed by atoms with Gasteiger partial charge in [-0.3, -0.25) is 53.6 Å². The van der Waals surface area contributed by atoms with Gasteiger partial charge in [0, 0.05) is 105 Å². The van der Waals surface area contributed by atoms with Gasteiger partial charge >= 0.3 is 0 Å². The average molecular weight is 810 g/mol. The van der Waals surface area contributed by atoms with E-state index in [1.54, 1.807) is 37.4 Å². The van der Waals surface area contributed by atoms with Crippen LogP contribution >= 0.6 is 0 Å². The molecule has 6 amide bonds. The van der Waals surface area contributed by atoms with Gasteiger partial charge in [-0.15, -0.1) is 0 Å². The van der Waals surface area contributed by atoms with Gasteiger partial charge in [-0.25, -0.2) is 0 Å². The maximum absolute atomic E-state index is 13.4. The van der Waals surface area contributed by atoms with Crippen LogP contribution in [0.3, 0.4) is 0 Å². The van der Waals surface area contributed by atoms with E-state index in [0.717, 1.165) is 57.3 Å². The van der Waals surface area contributed by atoms with E-state index in [9.17, 15) is 28.8 Å². The number of carbonyl (C=O) groups excluding carboxylic acids is 6. The van der Waals surface area contributed by atoms with Crippen molar-refractivity contribution in [1.82, 2.24) is 40.2 Å². The molecular formula is C44H43N9O7. The Kier molecular flexibility index (Phi) is 10.4. The average Bonchev–Trinajstić information content (AvgIpc) is 3.77. The standard InChI is InChI=1S/C44H43N9O7/c1-25(54)51-18-13-36-32(24-51)40(50-53(36)28-14-19-60-20-15-28)29-6-2-5-26-21-35(48-23-31(26)29)27-9-10-34(47-22-27)41(56)46-17-4-16-45-33-8-3-7-30-39(33)44(59)52(43(30)58)37-11-12-38(55)49-42(37)57/h2-3,5-10,21-23,28,37,45H,4,11-20,24H2,1H3,(H,46,56)(H,49,55,57). The van der Waals surface area contributed by atoms with E-state index < -0.39 is 29.7 Å². The Morgan fingerprint density at radius 3 is 2.50 bits per heavy atom. The first-order chi connectivity index (χ1) is 29.2. The van der Waals surface area contributed by atoms with E-state index in [1.807, 2.05) is 35.4 Å². The molecule has 0 radical (unpaired) electrons. The third-order valence-corrected chi connectivity index (χ3v) is 11.8. The van der Waals surface area contributed by atoms with E-state index in [1.165, 1.54) is 5.69 Å². The monoisotopic (exact) mass is 809 g/mol. The number of aromatic nitrogens is 4. The molecular weight excluding hydrogens is 767 g/mol. The van der Waals surface area contributed by atoms with E-state index >= 15 is 0 Å². The molecule has 5 aromatic rings. The second kappa shape index (κ2) is 16.1. The molecule has 7 heterocycles. The van der Waals surface area contributed by atoms with E-state index in [4.69, 9.17) is 14.8 Å². The smallest absolute Gasteiger partial charge is 0.269 e. The number of amides is 6. The Morgan fingerprint density at radius 2 is 1.72 bits per heavy atom. The highest BCUT2D eigenvalue weighted by atomic mass is 16.5. The molecule has 4 aliphatic heterocycles. The molecule has 9 rings (SSSR count). The quantitative estimate of drug-likeness (QED) is 0.136. The van der Waals surface area contributed by atoms with Crippen molar-refractivity contribution in [2.75, 3.05) is 38.2 Å². The summed E-state index contributed by atoms with van der Waals surface area (Å²) in [5, 5.41) is 15.4. The summed E-state index contributed by atoms with van der Waals surface area (Å²) in [6, 6.07) is 15.7. The third kappa shape index (κ3) is 7.16. The van der Waals surface area contributed by atoms with E-state index in [2.05, 4.69) is 31.7 Å². The summed E-state index contributed by atoms with van der Waals surface area (Å²) in [7, 11) is 0. The third-order valence-electron chi connectivity index (χ3n) is 11.8. The van der Waals surface area contributed by atoms with Crippen molar-refractivity contribution in [3.63, 3.8) is 0 Å². The summed E-state index contributed by atoms with van der Waals surface area (Å²) in [6.07, 6.45) is 6.66. The van der Waals surface area contributed by atoms with Crippen LogP contribution in [-0.4, -0.2) is 104 Å². The van der Waals surface area contributed by atoms with Crippen LogP contribution in [0.4, 0.5) is 5.69 Å². The zero-order valence-electron chi connectivity index (χ0n) is 33.0. The summed E-state index contributed by atoms with van der Waals surface area (Å²) in [5.41, 5.74) is 6.64. The van der Waals surface area contributed by atoms with Crippen molar-refractivity contribution in [3.05, 3.63) is 95.1 Å². The summed E-state index contributed by atoms with van der Waals surface area (Å²) in [4.78, 5) is 88.1. The molecule has 2 fully saturated rings. The number of piperidine rings is 1. The zero-order valence-corrected chi connectivity index (χ0v) is 33.0. The van der Waals surface area contributed by atoms with Crippen LogP contribution in [0.2, 0.25) is 0 Å². The molecule has 1 atom stereocenters. The highest BCUT2D eigenvalue weighted by molar-refractivity contribution is 6.25. The number of pyridine rings is 2. The second-order valence-corrected chi connectivity index (χ2v) is 15.5. The number of imide groups is 2. The molecule has 3 aromatic heterocycles. The van der Waals surface area contributed by atoms with Crippen molar-refractivity contribution in [2.24, 2.45) is 0 Å². The SMILES string of the molecule is CC(=O)N1CCc2c(c(-c3cccc4cc(-c5ccc(C(=O)NCCCNc6cccc7c6C(=O)N(C6CCC(=O)NC6=O)C7=O)nc5)ncc34)nn2C2CCOCC2)C1. The fourth-order valence-corrected chi connectivity index (χ4v) is 8.64. The molecule has 16 nitrogen and oxygen atoms in total. The van der Waals surface area contributed by atoms with Crippen molar-refractivity contribution in [2.45, 2.75) is 64.1 Å². The van der Waals surface area contributed by atoms with E-state index in [-0.39, 0.29) is 47.5 Å². The molecule has 0 saturated carbocycles. The molecule has 16 heteroatoms. The summed E-state index contributed by atoms with van der Waals surface area (Å²) < 4.78 is 7.83. The van der Waals surface area contributed by atoms with Crippen molar-refractivity contribution >= 4 is 51.9 Å². The number of fused-ring (bicyclic) bond motifs is 3. The fourth-order valence-electron chi connectivity index (χ4n) is 8.64. The zero-order chi connectivity index (χ0) is 41.5. The molecule has 2 saturated heterocycles. The molecule has 4 aliphatic rings. The lowest BCUT2D eigenvalue weighted by atomic mass is 9.96. The number of nitrogens with zero attached hydrogens (tertiary/aromatic N) is 6. The topological polar surface area (TPSA) is 198 Å². The Balaban J connectivity index is 0.838. The summed E-state index contributed by atoms with van der Waals surface area (Å²) in [5.74, 6) is -2.55. The lowest BCUT2D eigenvalue weighted by Crippen LogP contribution is -2.54. The number of ether oxygens (including phenoxy) is 1. The Labute approximate surface area is 344 Å². The molecule has 2 aromatic carbocycles. The largest absolute Gasteiger partial charge is 0.384 e. The highest BCUT2D eigenvalue weighted by Gasteiger charge is 2.45. The minimum absolute atomic E-state index is 0.0432. The van der Waals surface area contributed by atoms with Crippen LogP contribution < -0.4 is 16.0 Å². The number of carbonyl (C=O) groups is 6. The lowest BCUT2D eigenvalue weighted by molar-refractivity contribution is -0.136. The number of nitrogens with one attached hydrogen (secondary N) is 3. The van der Waals surface area contributed by atoms with E-state index in [0.29, 0.717) is 57.2 Å². The van der Waals surface area contributed by atoms with Gasteiger partial charge < -0.3 is 20.3 Å². The maximum atomic E-state index is 13.4. The molecule has 3 N–H and O–H groups in total. The first-order valence-electron chi connectivity index (χ1n) is 20.3. The van der Waals surface area contributed by atoms with Crippen LogP contribution in [0.15, 0.2) is 67.0 Å². The van der Waals surface area contributed by atoms with Gasteiger partial charge in [0.25, 0.3) is 17.7 Å². The Hall–Kier alpha value is -6.81. The van der Waals surface area contributed by atoms with Gasteiger partial charge in [-0.05, 0) is 61.4 Å². The van der Waals surface area contributed by atoms with Crippen LogP contribution in [0.1, 0.15) is 87.5 Å². The van der Waals surface area contributed by atoms with Crippen molar-refractivity contribution in [3.8, 4) is 22.5 Å².